The standard InChI is InChI=1S/C27H33N3O5S/c1-4-6-7-8-17-35-22-15-13-20(14-16-22)28-24(31)18-23-25(32)30(5-2)27(36-23)29-21-11-9-19(10-12-21)26(33)34-3/h9-16,23H,4-8,17-18H2,1-3H3,(H,28,31)/t23-/m1/s1. The van der Waals surface area contributed by atoms with Crippen LogP contribution in [0.3, 0.4) is 0 Å². The highest BCUT2D eigenvalue weighted by Gasteiger charge is 2.38. The molecule has 0 aliphatic carbocycles. The van der Waals surface area contributed by atoms with E-state index in [0.717, 1.165) is 18.6 Å². The van der Waals surface area contributed by atoms with Gasteiger partial charge in [0.2, 0.25) is 11.8 Å². The second kappa shape index (κ2) is 13.7. The van der Waals surface area contributed by atoms with Crippen LogP contribution in [0.2, 0.25) is 0 Å². The predicted molar refractivity (Wildman–Crippen MR) is 143 cm³/mol. The fraction of sp³-hybridized carbons (Fsp3) is 0.407. The molecule has 1 N–H and O–H groups in total. The van der Waals surface area contributed by atoms with Crippen molar-refractivity contribution in [3.8, 4) is 5.75 Å². The summed E-state index contributed by atoms with van der Waals surface area (Å²) >= 11 is 1.27. The highest BCUT2D eigenvalue weighted by molar-refractivity contribution is 8.15. The minimum Gasteiger partial charge on any atom is -0.494 e. The lowest BCUT2D eigenvalue weighted by molar-refractivity contribution is -0.128. The fourth-order valence-corrected chi connectivity index (χ4v) is 4.87. The molecule has 1 saturated heterocycles. The molecule has 2 amide bonds. The Morgan fingerprint density at radius 1 is 1.03 bits per heavy atom. The molecule has 0 saturated carbocycles. The van der Waals surface area contributed by atoms with Gasteiger partial charge in [0.15, 0.2) is 5.17 Å². The number of anilines is 1. The molecule has 1 heterocycles. The summed E-state index contributed by atoms with van der Waals surface area (Å²) in [5, 5.41) is 2.84. The molecule has 0 spiro atoms. The normalized spacial score (nSPS) is 16.3. The Bertz CT molecular complexity index is 1070. The first-order valence-corrected chi connectivity index (χ1v) is 13.1. The largest absolute Gasteiger partial charge is 0.494 e. The molecule has 0 aromatic heterocycles. The van der Waals surface area contributed by atoms with Gasteiger partial charge in [0.1, 0.15) is 11.0 Å². The summed E-state index contributed by atoms with van der Waals surface area (Å²) in [5.74, 6) is -0.0428. The number of hydrogen-bond donors (Lipinski definition) is 1. The first-order valence-electron chi connectivity index (χ1n) is 12.2. The molecular formula is C27H33N3O5S. The number of rotatable bonds is 12. The zero-order valence-corrected chi connectivity index (χ0v) is 21.8. The first kappa shape index (κ1) is 27.3. The number of unbranched alkanes of at least 4 members (excludes halogenated alkanes) is 3. The number of thioether (sulfide) groups is 1. The number of ether oxygens (including phenoxy) is 2. The Morgan fingerprint density at radius 2 is 1.75 bits per heavy atom. The van der Waals surface area contributed by atoms with Gasteiger partial charge in [0.25, 0.3) is 0 Å². The van der Waals surface area contributed by atoms with E-state index in [4.69, 9.17) is 9.47 Å². The molecule has 1 aliphatic rings. The highest BCUT2D eigenvalue weighted by Crippen LogP contribution is 2.32. The van der Waals surface area contributed by atoms with E-state index in [-0.39, 0.29) is 18.2 Å². The van der Waals surface area contributed by atoms with Crippen LogP contribution in [0.25, 0.3) is 0 Å². The molecule has 1 aliphatic heterocycles. The summed E-state index contributed by atoms with van der Waals surface area (Å²) in [4.78, 5) is 43.3. The number of esters is 1. The molecule has 3 rings (SSSR count). The Labute approximate surface area is 216 Å². The number of carbonyl (C=O) groups excluding carboxylic acids is 3. The highest BCUT2D eigenvalue weighted by atomic mass is 32.2. The lowest BCUT2D eigenvalue weighted by atomic mass is 10.2. The molecule has 9 heteroatoms. The number of benzene rings is 2. The molecule has 2 aromatic carbocycles. The maximum absolute atomic E-state index is 12.9. The van der Waals surface area contributed by atoms with E-state index >= 15 is 0 Å². The second-order valence-electron chi connectivity index (χ2n) is 8.31. The van der Waals surface area contributed by atoms with Crippen LogP contribution in [-0.2, 0) is 14.3 Å². The van der Waals surface area contributed by atoms with Crippen LogP contribution in [0.5, 0.6) is 5.75 Å². The van der Waals surface area contributed by atoms with Gasteiger partial charge in [-0.25, -0.2) is 9.79 Å². The SMILES string of the molecule is CCCCCCOc1ccc(NC(=O)C[C@H]2SC(=Nc3ccc(C(=O)OC)cc3)N(CC)C2=O)cc1. The van der Waals surface area contributed by atoms with Crippen LogP contribution in [-0.4, -0.2) is 53.4 Å². The summed E-state index contributed by atoms with van der Waals surface area (Å²) in [6.07, 6.45) is 4.63. The van der Waals surface area contributed by atoms with Gasteiger partial charge in [-0.15, -0.1) is 0 Å². The van der Waals surface area contributed by atoms with Crippen LogP contribution >= 0.6 is 11.8 Å². The van der Waals surface area contributed by atoms with E-state index in [0.29, 0.717) is 35.3 Å². The van der Waals surface area contributed by atoms with Crippen LogP contribution in [0.4, 0.5) is 11.4 Å². The van der Waals surface area contributed by atoms with Crippen molar-refractivity contribution in [2.24, 2.45) is 4.99 Å². The molecule has 8 nitrogen and oxygen atoms in total. The van der Waals surface area contributed by atoms with E-state index in [1.54, 1.807) is 41.3 Å². The van der Waals surface area contributed by atoms with Gasteiger partial charge < -0.3 is 14.8 Å². The Morgan fingerprint density at radius 3 is 2.39 bits per heavy atom. The Hall–Kier alpha value is -3.33. The third-order valence-electron chi connectivity index (χ3n) is 5.62. The van der Waals surface area contributed by atoms with Crippen molar-refractivity contribution in [3.05, 3.63) is 54.1 Å². The van der Waals surface area contributed by atoms with Crippen molar-refractivity contribution in [1.29, 1.82) is 0 Å². The van der Waals surface area contributed by atoms with Gasteiger partial charge in [-0.1, -0.05) is 37.9 Å². The van der Waals surface area contributed by atoms with Crippen molar-refractivity contribution < 1.29 is 23.9 Å². The zero-order chi connectivity index (χ0) is 25.9. The van der Waals surface area contributed by atoms with Crippen molar-refractivity contribution in [3.63, 3.8) is 0 Å². The van der Waals surface area contributed by atoms with E-state index in [1.165, 1.54) is 31.7 Å². The summed E-state index contributed by atoms with van der Waals surface area (Å²) in [5.41, 5.74) is 1.68. The maximum Gasteiger partial charge on any atom is 0.337 e. The lowest BCUT2D eigenvalue weighted by Crippen LogP contribution is -2.33. The van der Waals surface area contributed by atoms with E-state index < -0.39 is 11.2 Å². The number of amidine groups is 1. The van der Waals surface area contributed by atoms with Gasteiger partial charge in [0, 0.05) is 18.7 Å². The third-order valence-corrected chi connectivity index (χ3v) is 6.80. The smallest absolute Gasteiger partial charge is 0.337 e. The molecule has 0 radical (unpaired) electrons. The minimum atomic E-state index is -0.552. The Balaban J connectivity index is 1.55. The average Bonchev–Trinajstić information content (AvgIpc) is 3.17. The number of aliphatic imine (C=N–C) groups is 1. The summed E-state index contributed by atoms with van der Waals surface area (Å²) < 4.78 is 10.4. The molecule has 1 atom stereocenters. The number of hydrogen-bond acceptors (Lipinski definition) is 7. The third kappa shape index (κ3) is 7.58. The van der Waals surface area contributed by atoms with Crippen molar-refractivity contribution in [2.75, 3.05) is 25.6 Å². The molecule has 1 fully saturated rings. The summed E-state index contributed by atoms with van der Waals surface area (Å²) in [6.45, 7) is 5.17. The topological polar surface area (TPSA) is 97.3 Å². The van der Waals surface area contributed by atoms with Gasteiger partial charge in [0.05, 0.1) is 25.0 Å². The number of nitrogens with one attached hydrogen (secondary N) is 1. The minimum absolute atomic E-state index is 0.0377. The maximum atomic E-state index is 12.9. The van der Waals surface area contributed by atoms with Crippen LogP contribution in [0, 0.1) is 0 Å². The van der Waals surface area contributed by atoms with E-state index in [1.807, 2.05) is 19.1 Å². The van der Waals surface area contributed by atoms with Crippen molar-refractivity contribution >= 4 is 46.1 Å². The molecule has 36 heavy (non-hydrogen) atoms. The number of nitrogens with zero attached hydrogens (tertiary/aromatic N) is 2. The average molecular weight is 512 g/mol. The zero-order valence-electron chi connectivity index (χ0n) is 21.0. The first-order chi connectivity index (χ1) is 17.4. The Kier molecular flexibility index (Phi) is 10.4. The quantitative estimate of drug-likeness (QED) is 0.302. The van der Waals surface area contributed by atoms with Crippen molar-refractivity contribution in [1.82, 2.24) is 4.90 Å². The molecule has 192 valence electrons. The molecule has 0 bridgehead atoms. The fourth-order valence-electron chi connectivity index (χ4n) is 3.65. The lowest BCUT2D eigenvalue weighted by Gasteiger charge is -2.13. The van der Waals surface area contributed by atoms with Crippen LogP contribution in [0.15, 0.2) is 53.5 Å². The van der Waals surface area contributed by atoms with E-state index in [9.17, 15) is 14.4 Å². The number of amides is 2. The molecule has 2 aromatic rings. The number of carbonyl (C=O) groups is 3. The van der Waals surface area contributed by atoms with Gasteiger partial charge >= 0.3 is 5.97 Å². The summed E-state index contributed by atoms with van der Waals surface area (Å²) in [7, 11) is 1.33. The monoisotopic (exact) mass is 511 g/mol. The summed E-state index contributed by atoms with van der Waals surface area (Å²) in [6, 6.07) is 13.9. The second-order valence-corrected chi connectivity index (χ2v) is 9.48. The van der Waals surface area contributed by atoms with Gasteiger partial charge in [-0.05, 0) is 61.9 Å². The van der Waals surface area contributed by atoms with E-state index in [2.05, 4.69) is 17.2 Å². The van der Waals surface area contributed by atoms with Gasteiger partial charge in [-0.3, -0.25) is 14.5 Å². The molecular weight excluding hydrogens is 478 g/mol. The van der Waals surface area contributed by atoms with Crippen molar-refractivity contribution in [2.45, 2.75) is 51.2 Å². The number of methoxy groups -OCH3 is 1. The van der Waals surface area contributed by atoms with Gasteiger partial charge in [-0.2, -0.15) is 0 Å². The predicted octanol–water partition coefficient (Wildman–Crippen LogP) is 5.41. The van der Waals surface area contributed by atoms with Crippen LogP contribution < -0.4 is 10.1 Å². The van der Waals surface area contributed by atoms with Crippen LogP contribution in [0.1, 0.15) is 56.3 Å². The molecule has 0 unspecified atom stereocenters.